The van der Waals surface area contributed by atoms with Gasteiger partial charge in [0.25, 0.3) is 5.91 Å². The molecular formula is C13H14N4O2S2. The molecule has 1 saturated heterocycles. The highest BCUT2D eigenvalue weighted by molar-refractivity contribution is 7.99. The molecule has 2 aromatic rings. The minimum Gasteiger partial charge on any atom is -0.473 e. The lowest BCUT2D eigenvalue weighted by Gasteiger charge is -2.11. The van der Waals surface area contributed by atoms with Gasteiger partial charge in [0.1, 0.15) is 11.1 Å². The zero-order chi connectivity index (χ0) is 14.7. The van der Waals surface area contributed by atoms with Crippen LogP contribution in [0.1, 0.15) is 21.8 Å². The minimum absolute atomic E-state index is 0.187. The summed E-state index contributed by atoms with van der Waals surface area (Å²) >= 11 is 3.21. The quantitative estimate of drug-likeness (QED) is 0.931. The van der Waals surface area contributed by atoms with Crippen molar-refractivity contribution >= 4 is 34.1 Å². The lowest BCUT2D eigenvalue weighted by Crippen LogP contribution is -2.17. The van der Waals surface area contributed by atoms with Crippen molar-refractivity contribution in [1.82, 2.24) is 15.2 Å². The monoisotopic (exact) mass is 322 g/mol. The second-order valence-corrected chi connectivity index (χ2v) is 6.90. The number of hydrogen-bond acceptors (Lipinski definition) is 7. The largest absolute Gasteiger partial charge is 0.473 e. The molecule has 1 atom stereocenters. The van der Waals surface area contributed by atoms with E-state index in [4.69, 9.17) is 4.74 Å². The maximum Gasteiger partial charge on any atom is 0.257 e. The maximum atomic E-state index is 12.2. The molecule has 3 rings (SSSR count). The molecule has 21 heavy (non-hydrogen) atoms. The molecule has 1 N–H and O–H groups in total. The summed E-state index contributed by atoms with van der Waals surface area (Å²) in [6.45, 7) is 1.84. The Kier molecular flexibility index (Phi) is 4.35. The molecule has 0 aromatic carbocycles. The van der Waals surface area contributed by atoms with Crippen molar-refractivity contribution in [3.8, 4) is 5.88 Å². The lowest BCUT2D eigenvalue weighted by atomic mass is 10.2. The first-order valence-electron chi connectivity index (χ1n) is 6.52. The lowest BCUT2D eigenvalue weighted by molar-refractivity contribution is 0.102. The Bertz CT molecular complexity index is 641. The molecule has 110 valence electrons. The molecule has 1 fully saturated rings. The molecular weight excluding hydrogens is 308 g/mol. The highest BCUT2D eigenvalue weighted by atomic mass is 32.2. The van der Waals surface area contributed by atoms with Gasteiger partial charge in [-0.1, -0.05) is 11.3 Å². The van der Waals surface area contributed by atoms with E-state index in [9.17, 15) is 4.79 Å². The van der Waals surface area contributed by atoms with Gasteiger partial charge < -0.3 is 4.74 Å². The third kappa shape index (κ3) is 3.70. The molecule has 0 saturated carbocycles. The summed E-state index contributed by atoms with van der Waals surface area (Å²) in [6.07, 6.45) is 2.79. The van der Waals surface area contributed by atoms with Gasteiger partial charge in [0, 0.05) is 23.6 Å². The van der Waals surface area contributed by atoms with E-state index in [1.807, 2.05) is 18.7 Å². The summed E-state index contributed by atoms with van der Waals surface area (Å²) in [7, 11) is 0. The van der Waals surface area contributed by atoms with Crippen LogP contribution in [0.15, 0.2) is 18.3 Å². The van der Waals surface area contributed by atoms with E-state index in [2.05, 4.69) is 20.5 Å². The highest BCUT2D eigenvalue weighted by Crippen LogP contribution is 2.22. The van der Waals surface area contributed by atoms with Crippen LogP contribution < -0.4 is 10.1 Å². The average Bonchev–Trinajstić information content (AvgIpc) is 3.11. The van der Waals surface area contributed by atoms with Gasteiger partial charge in [-0.2, -0.15) is 11.8 Å². The van der Waals surface area contributed by atoms with Crippen molar-refractivity contribution in [2.75, 3.05) is 16.8 Å². The summed E-state index contributed by atoms with van der Waals surface area (Å²) in [6, 6.07) is 3.31. The summed E-state index contributed by atoms with van der Waals surface area (Å²) in [5.41, 5.74) is 0.499. The van der Waals surface area contributed by atoms with E-state index in [0.29, 0.717) is 16.6 Å². The number of carbonyl (C=O) groups is 1. The van der Waals surface area contributed by atoms with Gasteiger partial charge in [-0.05, 0) is 25.2 Å². The number of rotatable bonds is 4. The van der Waals surface area contributed by atoms with Crippen LogP contribution in [-0.4, -0.2) is 38.7 Å². The van der Waals surface area contributed by atoms with Gasteiger partial charge >= 0.3 is 0 Å². The van der Waals surface area contributed by atoms with Crippen molar-refractivity contribution in [1.29, 1.82) is 0 Å². The number of thioether (sulfide) groups is 1. The van der Waals surface area contributed by atoms with Crippen molar-refractivity contribution in [3.63, 3.8) is 0 Å². The van der Waals surface area contributed by atoms with Gasteiger partial charge in [0.2, 0.25) is 11.0 Å². The van der Waals surface area contributed by atoms with Crippen LogP contribution in [0.3, 0.4) is 0 Å². The molecule has 0 unspecified atom stereocenters. The molecule has 1 aliphatic rings. The zero-order valence-electron chi connectivity index (χ0n) is 11.4. The number of ether oxygens (including phenoxy) is 1. The number of nitrogens with one attached hydrogen (secondary N) is 1. The Morgan fingerprint density at radius 1 is 1.48 bits per heavy atom. The zero-order valence-corrected chi connectivity index (χ0v) is 13.0. The van der Waals surface area contributed by atoms with Gasteiger partial charge in [0.15, 0.2) is 0 Å². The standard InChI is InChI=1S/C13H14N4O2S2/c1-8-16-17-13(21-8)15-12(18)9-2-4-14-11(6-9)19-10-3-5-20-7-10/h2,4,6,10H,3,5,7H2,1H3,(H,15,17,18)/t10-/m1/s1. The third-order valence-electron chi connectivity index (χ3n) is 2.92. The van der Waals surface area contributed by atoms with E-state index < -0.39 is 0 Å². The molecule has 0 radical (unpaired) electrons. The summed E-state index contributed by atoms with van der Waals surface area (Å²) in [4.78, 5) is 16.3. The Labute approximate surface area is 130 Å². The number of amides is 1. The molecule has 0 aliphatic carbocycles. The molecule has 6 nitrogen and oxygen atoms in total. The van der Waals surface area contributed by atoms with Crippen LogP contribution >= 0.6 is 23.1 Å². The average molecular weight is 322 g/mol. The van der Waals surface area contributed by atoms with Crippen molar-refractivity contribution in [2.24, 2.45) is 0 Å². The van der Waals surface area contributed by atoms with E-state index in [-0.39, 0.29) is 12.0 Å². The smallest absolute Gasteiger partial charge is 0.257 e. The van der Waals surface area contributed by atoms with Crippen LogP contribution in [0.5, 0.6) is 5.88 Å². The topological polar surface area (TPSA) is 77.0 Å². The Morgan fingerprint density at radius 2 is 2.38 bits per heavy atom. The van der Waals surface area contributed by atoms with E-state index in [1.54, 1.807) is 18.3 Å². The summed E-state index contributed by atoms with van der Waals surface area (Å²) in [5.74, 6) is 2.34. The van der Waals surface area contributed by atoms with Crippen molar-refractivity contribution in [2.45, 2.75) is 19.4 Å². The number of carbonyl (C=O) groups excluding carboxylic acids is 1. The number of hydrogen-bond donors (Lipinski definition) is 1. The molecule has 0 bridgehead atoms. The molecule has 2 aromatic heterocycles. The highest BCUT2D eigenvalue weighted by Gasteiger charge is 2.18. The summed E-state index contributed by atoms with van der Waals surface area (Å²) < 4.78 is 5.78. The SMILES string of the molecule is Cc1nnc(NC(=O)c2ccnc(O[C@@H]3CCSC3)c2)s1. The fourth-order valence-electron chi connectivity index (χ4n) is 1.91. The van der Waals surface area contributed by atoms with Crippen LogP contribution in [0, 0.1) is 6.92 Å². The maximum absolute atomic E-state index is 12.2. The second kappa shape index (κ2) is 6.40. The number of aromatic nitrogens is 3. The molecule has 1 amide bonds. The van der Waals surface area contributed by atoms with E-state index in [0.717, 1.165) is 22.9 Å². The normalized spacial score (nSPS) is 17.7. The number of pyridine rings is 1. The van der Waals surface area contributed by atoms with E-state index in [1.165, 1.54) is 11.3 Å². The molecule has 0 spiro atoms. The molecule has 8 heteroatoms. The predicted molar refractivity (Wildman–Crippen MR) is 83.2 cm³/mol. The van der Waals surface area contributed by atoms with Crippen LogP contribution in [-0.2, 0) is 0 Å². The Balaban J connectivity index is 1.68. The molecule has 3 heterocycles. The van der Waals surface area contributed by atoms with Crippen molar-refractivity contribution in [3.05, 3.63) is 28.9 Å². The Morgan fingerprint density at radius 3 is 3.10 bits per heavy atom. The van der Waals surface area contributed by atoms with Crippen LogP contribution in [0.4, 0.5) is 5.13 Å². The van der Waals surface area contributed by atoms with Gasteiger partial charge in [-0.25, -0.2) is 4.98 Å². The van der Waals surface area contributed by atoms with Crippen LogP contribution in [0.2, 0.25) is 0 Å². The number of anilines is 1. The fourth-order valence-corrected chi connectivity index (χ4v) is 3.59. The fraction of sp³-hybridized carbons (Fsp3) is 0.385. The van der Waals surface area contributed by atoms with E-state index >= 15 is 0 Å². The molecule has 1 aliphatic heterocycles. The van der Waals surface area contributed by atoms with Crippen molar-refractivity contribution < 1.29 is 9.53 Å². The number of aryl methyl sites for hydroxylation is 1. The van der Waals surface area contributed by atoms with Gasteiger partial charge in [-0.15, -0.1) is 10.2 Å². The summed E-state index contributed by atoms with van der Waals surface area (Å²) in [5, 5.41) is 11.8. The first kappa shape index (κ1) is 14.3. The van der Waals surface area contributed by atoms with Gasteiger partial charge in [-0.3, -0.25) is 10.1 Å². The Hall–Kier alpha value is -1.67. The van der Waals surface area contributed by atoms with Gasteiger partial charge in [0.05, 0.1) is 0 Å². The number of nitrogens with zero attached hydrogens (tertiary/aromatic N) is 3. The predicted octanol–water partition coefficient (Wildman–Crippen LogP) is 2.38. The minimum atomic E-state index is -0.237. The first-order valence-corrected chi connectivity index (χ1v) is 8.50. The third-order valence-corrected chi connectivity index (χ3v) is 4.80. The van der Waals surface area contributed by atoms with Crippen LogP contribution in [0.25, 0.3) is 0 Å². The second-order valence-electron chi connectivity index (χ2n) is 4.57. The first-order chi connectivity index (χ1) is 10.2.